The summed E-state index contributed by atoms with van der Waals surface area (Å²) >= 11 is 0. The summed E-state index contributed by atoms with van der Waals surface area (Å²) in [5, 5.41) is 23.4. The molecule has 0 heterocycles. The molecule has 0 spiro atoms. The van der Waals surface area contributed by atoms with Crippen molar-refractivity contribution in [2.24, 2.45) is 0 Å². The van der Waals surface area contributed by atoms with Gasteiger partial charge >= 0.3 is 5.97 Å². The molecule has 0 bridgehead atoms. The molecular weight excluding hydrogens is 851 g/mol. The van der Waals surface area contributed by atoms with Gasteiger partial charge in [-0.25, -0.2) is 0 Å². The van der Waals surface area contributed by atoms with Gasteiger partial charge in [0.15, 0.2) is 0 Å². The number of esters is 1. The highest BCUT2D eigenvalue weighted by molar-refractivity contribution is 5.76. The maximum absolute atomic E-state index is 12.5. The van der Waals surface area contributed by atoms with Crippen molar-refractivity contribution in [2.75, 3.05) is 13.2 Å². The minimum absolute atomic E-state index is 0.00453. The first-order valence-electron chi connectivity index (χ1n) is 31.4. The fourth-order valence-electron chi connectivity index (χ4n) is 9.99. The van der Waals surface area contributed by atoms with Gasteiger partial charge in [0, 0.05) is 12.8 Å². The third kappa shape index (κ3) is 55.8. The van der Waals surface area contributed by atoms with Gasteiger partial charge in [0.05, 0.1) is 25.4 Å². The van der Waals surface area contributed by atoms with Crippen LogP contribution in [0.5, 0.6) is 0 Å². The van der Waals surface area contributed by atoms with E-state index in [9.17, 15) is 19.8 Å². The molecule has 0 aliphatic rings. The van der Waals surface area contributed by atoms with Crippen LogP contribution < -0.4 is 5.32 Å². The molecule has 1 amide bonds. The highest BCUT2D eigenvalue weighted by Crippen LogP contribution is 2.18. The Morgan fingerprint density at radius 2 is 0.681 bits per heavy atom. The van der Waals surface area contributed by atoms with Crippen molar-refractivity contribution < 1.29 is 24.5 Å². The van der Waals surface area contributed by atoms with E-state index in [0.29, 0.717) is 25.9 Å². The predicted octanol–water partition coefficient (Wildman–Crippen LogP) is 19.6. The zero-order chi connectivity index (χ0) is 50.0. The molecule has 0 fully saturated rings. The van der Waals surface area contributed by atoms with Crippen LogP contribution in [0, 0.1) is 0 Å². The van der Waals surface area contributed by atoms with Crippen LogP contribution in [0.1, 0.15) is 354 Å². The number of amides is 1. The quantitative estimate of drug-likeness (QED) is 0.0321. The number of unbranched alkanes of at least 4 members (excludes halogenated alkanes) is 46. The predicted molar refractivity (Wildman–Crippen MR) is 301 cm³/mol. The maximum Gasteiger partial charge on any atom is 0.305 e. The van der Waals surface area contributed by atoms with Gasteiger partial charge in [0.25, 0.3) is 0 Å². The third-order valence-electron chi connectivity index (χ3n) is 14.8. The third-order valence-corrected chi connectivity index (χ3v) is 14.8. The van der Waals surface area contributed by atoms with E-state index in [1.54, 1.807) is 0 Å². The Hall–Kier alpha value is -1.40. The van der Waals surface area contributed by atoms with Gasteiger partial charge in [-0.1, -0.05) is 302 Å². The Kier molecular flexibility index (Phi) is 58.0. The number of ether oxygens (including phenoxy) is 1. The van der Waals surface area contributed by atoms with Crippen molar-refractivity contribution in [1.82, 2.24) is 5.32 Å². The molecule has 6 nitrogen and oxygen atoms in total. The Balaban J connectivity index is 3.42. The smallest absolute Gasteiger partial charge is 0.305 e. The van der Waals surface area contributed by atoms with E-state index in [1.165, 1.54) is 270 Å². The van der Waals surface area contributed by atoms with Crippen LogP contribution in [0.25, 0.3) is 0 Å². The molecule has 0 aromatic rings. The number of rotatable bonds is 59. The van der Waals surface area contributed by atoms with E-state index in [2.05, 4.69) is 31.3 Å². The summed E-state index contributed by atoms with van der Waals surface area (Å²) in [5.74, 6) is -0.0484. The van der Waals surface area contributed by atoms with Gasteiger partial charge < -0.3 is 20.3 Å². The number of hydrogen-bond donors (Lipinski definition) is 3. The summed E-state index contributed by atoms with van der Waals surface area (Å²) < 4.78 is 5.49. The van der Waals surface area contributed by atoms with Gasteiger partial charge in [-0.05, 0) is 51.4 Å². The maximum atomic E-state index is 12.5. The van der Waals surface area contributed by atoms with Crippen molar-refractivity contribution in [3.8, 4) is 0 Å². The van der Waals surface area contributed by atoms with E-state index < -0.39 is 12.1 Å². The number of nitrogens with one attached hydrogen (secondary N) is 1. The molecule has 0 aliphatic heterocycles. The van der Waals surface area contributed by atoms with E-state index in [4.69, 9.17) is 4.74 Å². The standard InChI is InChI=1S/C63H123NO5/c1-3-5-7-9-11-13-15-17-19-21-23-25-26-28-31-35-39-43-47-51-55-61(66)60(59-65)64-62(67)56-52-48-44-40-36-32-30-34-38-42-46-50-54-58-69-63(68)57-53-49-45-41-37-33-29-27-24-22-20-18-16-14-12-10-8-6-4-2/h18,20,60-61,65-66H,3-17,19,21-59H2,1-2H3,(H,64,67)/b20-18-. The average Bonchev–Trinajstić information content (AvgIpc) is 3.35. The van der Waals surface area contributed by atoms with Crippen LogP contribution in [-0.2, 0) is 14.3 Å². The van der Waals surface area contributed by atoms with E-state index in [0.717, 1.165) is 51.4 Å². The van der Waals surface area contributed by atoms with Crippen LogP contribution in [0.4, 0.5) is 0 Å². The van der Waals surface area contributed by atoms with Crippen LogP contribution in [0.3, 0.4) is 0 Å². The Labute approximate surface area is 431 Å². The van der Waals surface area contributed by atoms with Crippen LogP contribution >= 0.6 is 0 Å². The van der Waals surface area contributed by atoms with Gasteiger partial charge in [0.1, 0.15) is 0 Å². The van der Waals surface area contributed by atoms with E-state index >= 15 is 0 Å². The molecular formula is C63H123NO5. The van der Waals surface area contributed by atoms with Gasteiger partial charge in [-0.3, -0.25) is 9.59 Å². The Morgan fingerprint density at radius 3 is 1.03 bits per heavy atom. The summed E-state index contributed by atoms with van der Waals surface area (Å²) in [7, 11) is 0. The highest BCUT2D eigenvalue weighted by Gasteiger charge is 2.20. The van der Waals surface area contributed by atoms with Crippen LogP contribution in [0.2, 0.25) is 0 Å². The molecule has 0 saturated carbocycles. The summed E-state index contributed by atoms with van der Waals surface area (Å²) in [6, 6.07) is -0.551. The van der Waals surface area contributed by atoms with Crippen molar-refractivity contribution in [2.45, 2.75) is 366 Å². The molecule has 2 atom stereocenters. The molecule has 0 aromatic carbocycles. The molecule has 0 rings (SSSR count). The SMILES string of the molecule is CCCCCCCC/C=C\CCCCCCCCCCCC(=O)OCCCCCCCCCCCCCCCC(=O)NC(CO)C(O)CCCCCCCCCCCCCCCCCCCCCC. The first kappa shape index (κ1) is 67.6. The second-order valence-corrected chi connectivity index (χ2v) is 21.7. The Bertz CT molecular complexity index is 1030. The van der Waals surface area contributed by atoms with Crippen molar-refractivity contribution in [3.05, 3.63) is 12.2 Å². The number of aliphatic hydroxyl groups is 2. The molecule has 0 saturated heterocycles. The molecule has 6 heteroatoms. The zero-order valence-corrected chi connectivity index (χ0v) is 46.8. The number of allylic oxidation sites excluding steroid dienone is 2. The Morgan fingerprint density at radius 1 is 0.391 bits per heavy atom. The van der Waals surface area contributed by atoms with Gasteiger partial charge in [-0.2, -0.15) is 0 Å². The van der Waals surface area contributed by atoms with Crippen molar-refractivity contribution >= 4 is 11.9 Å². The zero-order valence-electron chi connectivity index (χ0n) is 46.8. The van der Waals surface area contributed by atoms with E-state index in [1.807, 2.05) is 0 Å². The molecule has 2 unspecified atom stereocenters. The molecule has 410 valence electrons. The number of hydrogen-bond acceptors (Lipinski definition) is 5. The fraction of sp³-hybridized carbons (Fsp3) is 0.937. The van der Waals surface area contributed by atoms with Crippen LogP contribution in [0.15, 0.2) is 12.2 Å². The lowest BCUT2D eigenvalue weighted by Gasteiger charge is -2.22. The minimum atomic E-state index is -0.673. The lowest BCUT2D eigenvalue weighted by atomic mass is 10.0. The summed E-state index contributed by atoms with van der Waals surface area (Å²) in [6.45, 7) is 4.95. The monoisotopic (exact) mass is 974 g/mol. The van der Waals surface area contributed by atoms with Gasteiger partial charge in [-0.15, -0.1) is 0 Å². The van der Waals surface area contributed by atoms with E-state index in [-0.39, 0.29) is 18.5 Å². The van der Waals surface area contributed by atoms with Gasteiger partial charge in [0.2, 0.25) is 5.91 Å². The number of carbonyl (C=O) groups excluding carboxylic acids is 2. The second kappa shape index (κ2) is 59.2. The lowest BCUT2D eigenvalue weighted by Crippen LogP contribution is -2.45. The fourth-order valence-corrected chi connectivity index (χ4v) is 9.99. The van der Waals surface area contributed by atoms with Crippen LogP contribution in [-0.4, -0.2) is 47.4 Å². The average molecular weight is 975 g/mol. The number of aliphatic hydroxyl groups excluding tert-OH is 2. The van der Waals surface area contributed by atoms with Crippen molar-refractivity contribution in [3.63, 3.8) is 0 Å². The highest BCUT2D eigenvalue weighted by atomic mass is 16.5. The summed E-state index contributed by atoms with van der Waals surface area (Å²) in [5.41, 5.74) is 0. The molecule has 3 N–H and O–H groups in total. The number of carbonyl (C=O) groups is 2. The molecule has 0 aromatic heterocycles. The van der Waals surface area contributed by atoms with Crippen molar-refractivity contribution in [1.29, 1.82) is 0 Å². The summed E-state index contributed by atoms with van der Waals surface area (Å²) in [4.78, 5) is 24.6. The normalized spacial score (nSPS) is 12.6. The molecule has 0 radical (unpaired) electrons. The topological polar surface area (TPSA) is 95.9 Å². The minimum Gasteiger partial charge on any atom is -0.466 e. The second-order valence-electron chi connectivity index (χ2n) is 21.7. The first-order chi connectivity index (χ1) is 34.0. The molecule has 0 aliphatic carbocycles. The first-order valence-corrected chi connectivity index (χ1v) is 31.4. The summed E-state index contributed by atoms with van der Waals surface area (Å²) in [6.07, 6.45) is 70.7. The molecule has 69 heavy (non-hydrogen) atoms. The lowest BCUT2D eigenvalue weighted by molar-refractivity contribution is -0.143. The largest absolute Gasteiger partial charge is 0.466 e.